The molecule has 0 aliphatic carbocycles. The monoisotopic (exact) mass is 220 g/mol. The van der Waals surface area contributed by atoms with Gasteiger partial charge >= 0.3 is 0 Å². The Labute approximate surface area is 87.6 Å². The van der Waals surface area contributed by atoms with E-state index in [1.165, 1.54) is 6.20 Å². The molecule has 1 aliphatic rings. The predicted octanol–water partition coefficient (Wildman–Crippen LogP) is 1.21. The SMILES string of the molecule is CC(C)(C)NNC1=NC(Cl)NC=C1F. The van der Waals surface area contributed by atoms with Gasteiger partial charge in [0.05, 0.1) is 0 Å². The Kier molecular flexibility index (Phi) is 3.34. The normalized spacial score (nSPS) is 22.2. The van der Waals surface area contributed by atoms with Crippen molar-refractivity contribution in [1.29, 1.82) is 0 Å². The van der Waals surface area contributed by atoms with Gasteiger partial charge in [-0.25, -0.2) is 14.8 Å². The van der Waals surface area contributed by atoms with Crippen LogP contribution in [0.5, 0.6) is 0 Å². The van der Waals surface area contributed by atoms with Crippen LogP contribution < -0.4 is 16.2 Å². The van der Waals surface area contributed by atoms with Crippen molar-refractivity contribution in [3.05, 3.63) is 12.0 Å². The highest BCUT2D eigenvalue weighted by Crippen LogP contribution is 2.07. The second-order valence-corrected chi connectivity index (χ2v) is 4.39. The lowest BCUT2D eigenvalue weighted by Crippen LogP contribution is -2.50. The summed E-state index contributed by atoms with van der Waals surface area (Å²) in [7, 11) is 0. The molecule has 0 saturated heterocycles. The number of alkyl halides is 1. The van der Waals surface area contributed by atoms with Crippen molar-refractivity contribution in [2.45, 2.75) is 31.9 Å². The van der Waals surface area contributed by atoms with Crippen molar-refractivity contribution in [2.75, 3.05) is 0 Å². The average molecular weight is 221 g/mol. The molecule has 0 bridgehead atoms. The number of hydrogen-bond donors (Lipinski definition) is 3. The van der Waals surface area contributed by atoms with Gasteiger partial charge in [0.15, 0.2) is 17.3 Å². The number of nitrogens with one attached hydrogen (secondary N) is 3. The maximum Gasteiger partial charge on any atom is 0.197 e. The number of hydrazine groups is 1. The Morgan fingerprint density at radius 1 is 1.57 bits per heavy atom. The third-order valence-electron chi connectivity index (χ3n) is 1.37. The molecule has 4 nitrogen and oxygen atoms in total. The van der Waals surface area contributed by atoms with Gasteiger partial charge in [-0.2, -0.15) is 0 Å². The van der Waals surface area contributed by atoms with E-state index in [1.807, 2.05) is 20.8 Å². The van der Waals surface area contributed by atoms with Crippen LogP contribution in [0.3, 0.4) is 0 Å². The van der Waals surface area contributed by atoms with Crippen molar-refractivity contribution in [2.24, 2.45) is 4.99 Å². The quantitative estimate of drug-likeness (QED) is 0.354. The number of halogens is 2. The van der Waals surface area contributed by atoms with Crippen molar-refractivity contribution in [3.8, 4) is 0 Å². The van der Waals surface area contributed by atoms with Gasteiger partial charge in [-0.1, -0.05) is 11.6 Å². The van der Waals surface area contributed by atoms with Crippen molar-refractivity contribution in [3.63, 3.8) is 0 Å². The molecule has 0 fully saturated rings. The van der Waals surface area contributed by atoms with Crippen molar-refractivity contribution in [1.82, 2.24) is 16.2 Å². The highest BCUT2D eigenvalue weighted by Gasteiger charge is 2.16. The molecule has 1 heterocycles. The average Bonchev–Trinajstić information content (AvgIpc) is 2.05. The van der Waals surface area contributed by atoms with E-state index < -0.39 is 11.5 Å². The molecule has 0 saturated carbocycles. The van der Waals surface area contributed by atoms with E-state index in [4.69, 9.17) is 11.6 Å². The van der Waals surface area contributed by atoms with Gasteiger partial charge in [-0.3, -0.25) is 0 Å². The molecule has 1 unspecified atom stereocenters. The molecular formula is C8H14ClFN4. The summed E-state index contributed by atoms with van der Waals surface area (Å²) >= 11 is 5.65. The highest BCUT2D eigenvalue weighted by molar-refractivity contribution is 6.21. The van der Waals surface area contributed by atoms with E-state index in [1.54, 1.807) is 0 Å². The molecular weight excluding hydrogens is 207 g/mol. The minimum atomic E-state index is -0.626. The van der Waals surface area contributed by atoms with Gasteiger partial charge in [0.1, 0.15) is 0 Å². The largest absolute Gasteiger partial charge is 0.355 e. The second kappa shape index (κ2) is 4.14. The van der Waals surface area contributed by atoms with Gasteiger partial charge in [0.25, 0.3) is 0 Å². The summed E-state index contributed by atoms with van der Waals surface area (Å²) in [5, 5.41) is 2.53. The fourth-order valence-electron chi connectivity index (χ4n) is 0.761. The fraction of sp³-hybridized carbons (Fsp3) is 0.625. The van der Waals surface area contributed by atoms with Gasteiger partial charge < -0.3 is 10.7 Å². The fourth-order valence-corrected chi connectivity index (χ4v) is 0.922. The molecule has 1 atom stereocenters. The maximum atomic E-state index is 13.1. The minimum Gasteiger partial charge on any atom is -0.355 e. The lowest BCUT2D eigenvalue weighted by atomic mass is 10.1. The minimum absolute atomic E-state index is 0.110. The first-order chi connectivity index (χ1) is 6.38. The van der Waals surface area contributed by atoms with Crippen LogP contribution in [0, 0.1) is 0 Å². The molecule has 0 aromatic carbocycles. The molecule has 0 amide bonds. The molecule has 3 N–H and O–H groups in total. The van der Waals surface area contributed by atoms with Crippen LogP contribution in [0.2, 0.25) is 0 Å². The summed E-state index contributed by atoms with van der Waals surface area (Å²) in [6.45, 7) is 5.84. The molecule has 0 aromatic rings. The summed E-state index contributed by atoms with van der Waals surface area (Å²) < 4.78 is 13.1. The Hall–Kier alpha value is -0.810. The summed E-state index contributed by atoms with van der Waals surface area (Å²) in [6, 6.07) is 0. The molecule has 6 heteroatoms. The summed E-state index contributed by atoms with van der Waals surface area (Å²) in [6.07, 6.45) is 1.18. The number of rotatable bonds is 1. The standard InChI is InChI=1S/C8H14ClFN4/c1-8(2,3)14-13-6-5(10)4-11-7(9)12-6/h4,7,11,14H,1-3H3,(H,12,13). The zero-order valence-corrected chi connectivity index (χ0v) is 9.11. The summed E-state index contributed by atoms with van der Waals surface area (Å²) in [4.78, 5) is 3.82. The molecule has 80 valence electrons. The lowest BCUT2D eigenvalue weighted by Gasteiger charge is -2.23. The van der Waals surface area contributed by atoms with Crippen molar-refractivity contribution >= 4 is 17.4 Å². The lowest BCUT2D eigenvalue weighted by molar-refractivity contribution is 0.400. The Balaban J connectivity index is 2.55. The topological polar surface area (TPSA) is 48.5 Å². The third kappa shape index (κ3) is 3.51. The number of nitrogens with zero attached hydrogens (tertiary/aromatic N) is 1. The maximum absolute atomic E-state index is 13.1. The van der Waals surface area contributed by atoms with Gasteiger partial charge in [-0.05, 0) is 20.8 Å². The Morgan fingerprint density at radius 2 is 2.21 bits per heavy atom. The highest BCUT2D eigenvalue weighted by atomic mass is 35.5. The van der Waals surface area contributed by atoms with Crippen LogP contribution in [0.1, 0.15) is 20.8 Å². The number of hydrogen-bond acceptors (Lipinski definition) is 4. The van der Waals surface area contributed by atoms with Crippen LogP contribution in [-0.4, -0.2) is 17.0 Å². The first-order valence-corrected chi connectivity index (χ1v) is 4.69. The van der Waals surface area contributed by atoms with E-state index in [9.17, 15) is 4.39 Å². The summed E-state index contributed by atoms with van der Waals surface area (Å²) in [5.74, 6) is -0.364. The predicted molar refractivity (Wildman–Crippen MR) is 55.4 cm³/mol. The van der Waals surface area contributed by atoms with Crippen LogP contribution in [0.4, 0.5) is 4.39 Å². The molecule has 0 spiro atoms. The van der Waals surface area contributed by atoms with E-state index in [2.05, 4.69) is 21.2 Å². The summed E-state index contributed by atoms with van der Waals surface area (Å²) in [5.41, 5.74) is 4.77. The Morgan fingerprint density at radius 3 is 2.79 bits per heavy atom. The zero-order valence-electron chi connectivity index (χ0n) is 8.36. The molecule has 1 aliphatic heterocycles. The van der Waals surface area contributed by atoms with Gasteiger partial charge in [-0.15, -0.1) is 0 Å². The second-order valence-electron chi connectivity index (χ2n) is 3.97. The smallest absolute Gasteiger partial charge is 0.197 e. The number of amidine groups is 1. The van der Waals surface area contributed by atoms with Gasteiger partial charge in [0, 0.05) is 11.7 Å². The molecule has 0 radical (unpaired) electrons. The van der Waals surface area contributed by atoms with E-state index in [-0.39, 0.29) is 11.4 Å². The van der Waals surface area contributed by atoms with Gasteiger partial charge in [0.2, 0.25) is 0 Å². The van der Waals surface area contributed by atoms with Crippen LogP contribution in [-0.2, 0) is 0 Å². The third-order valence-corrected chi connectivity index (χ3v) is 1.60. The number of aliphatic imine (C=N–C) groups is 1. The van der Waals surface area contributed by atoms with E-state index in [0.717, 1.165) is 0 Å². The van der Waals surface area contributed by atoms with Crippen LogP contribution in [0.25, 0.3) is 0 Å². The first kappa shape index (κ1) is 11.3. The van der Waals surface area contributed by atoms with Crippen LogP contribution in [0.15, 0.2) is 17.0 Å². The first-order valence-electron chi connectivity index (χ1n) is 4.26. The molecule has 1 rings (SSSR count). The Bertz CT molecular complexity index is 269. The van der Waals surface area contributed by atoms with E-state index >= 15 is 0 Å². The van der Waals surface area contributed by atoms with Crippen LogP contribution >= 0.6 is 11.6 Å². The van der Waals surface area contributed by atoms with Crippen molar-refractivity contribution < 1.29 is 4.39 Å². The molecule has 0 aromatic heterocycles. The zero-order chi connectivity index (χ0) is 10.8. The molecule has 14 heavy (non-hydrogen) atoms. The van der Waals surface area contributed by atoms with E-state index in [0.29, 0.717) is 0 Å².